The fourth-order valence-electron chi connectivity index (χ4n) is 4.18. The van der Waals surface area contributed by atoms with Crippen LogP contribution in [0.1, 0.15) is 39.3 Å². The average molecular weight is 455 g/mol. The highest BCUT2D eigenvalue weighted by Gasteiger charge is 2.26. The van der Waals surface area contributed by atoms with Gasteiger partial charge in [-0.25, -0.2) is 9.78 Å². The maximum atomic E-state index is 13.3. The minimum atomic E-state index is -0.495. The second kappa shape index (κ2) is 9.38. The molecule has 0 atom stereocenters. The summed E-state index contributed by atoms with van der Waals surface area (Å²) in [7, 11) is 0. The molecule has 0 saturated heterocycles. The molecule has 2 aromatic carbocycles. The molecule has 4 aromatic rings. The van der Waals surface area contributed by atoms with Gasteiger partial charge >= 0.3 is 5.97 Å². The van der Waals surface area contributed by atoms with E-state index in [4.69, 9.17) is 9.72 Å². The molecule has 0 radical (unpaired) electrons. The van der Waals surface area contributed by atoms with Crippen molar-refractivity contribution in [2.24, 2.45) is 0 Å². The molecular weight excluding hydrogens is 432 g/mol. The Balaban J connectivity index is 1.47. The smallest absolute Gasteiger partial charge is 0.339 e. The Morgan fingerprint density at radius 3 is 2.64 bits per heavy atom. The first-order chi connectivity index (χ1) is 16.2. The number of benzene rings is 2. The van der Waals surface area contributed by atoms with Crippen LogP contribution in [0.4, 0.5) is 5.69 Å². The molecule has 1 aliphatic carbocycles. The maximum Gasteiger partial charge on any atom is 0.339 e. The normalized spacial score (nSPS) is 14.1. The number of anilines is 1. The number of rotatable bonds is 5. The number of para-hydroxylation sites is 2. The number of pyridine rings is 1. The fraction of sp³-hybridized carbons (Fsp3) is 0.148. The Kier molecular flexibility index (Phi) is 6.00. The van der Waals surface area contributed by atoms with Crippen molar-refractivity contribution in [3.05, 3.63) is 93.8 Å². The van der Waals surface area contributed by atoms with E-state index in [1.807, 2.05) is 53.9 Å². The second-order valence-electron chi connectivity index (χ2n) is 7.86. The van der Waals surface area contributed by atoms with Crippen molar-refractivity contribution in [3.8, 4) is 0 Å². The predicted molar refractivity (Wildman–Crippen MR) is 132 cm³/mol. The maximum absolute atomic E-state index is 13.3. The number of aromatic nitrogens is 1. The highest BCUT2D eigenvalue weighted by atomic mass is 32.1. The van der Waals surface area contributed by atoms with E-state index in [0.717, 1.165) is 51.9 Å². The molecule has 1 aliphatic rings. The van der Waals surface area contributed by atoms with Gasteiger partial charge in [-0.2, -0.15) is 0 Å². The van der Waals surface area contributed by atoms with Crippen LogP contribution in [0.5, 0.6) is 0 Å². The van der Waals surface area contributed by atoms with Crippen LogP contribution in [0.2, 0.25) is 0 Å². The minimum Gasteiger partial charge on any atom is -0.452 e. The molecule has 0 unspecified atom stereocenters. The van der Waals surface area contributed by atoms with E-state index < -0.39 is 5.97 Å². The topological polar surface area (TPSA) is 68.3 Å². The molecule has 6 heteroatoms. The van der Waals surface area contributed by atoms with Crippen molar-refractivity contribution in [1.82, 2.24) is 4.98 Å². The van der Waals surface area contributed by atoms with Crippen LogP contribution in [0.15, 0.2) is 72.1 Å². The average Bonchev–Trinajstić information content (AvgIpc) is 3.35. The van der Waals surface area contributed by atoms with Crippen LogP contribution >= 0.6 is 11.3 Å². The highest BCUT2D eigenvalue weighted by molar-refractivity contribution is 7.10. The summed E-state index contributed by atoms with van der Waals surface area (Å²) in [5, 5.41) is 5.54. The SMILES string of the molecule is O=C(COC(=O)c1c2c(nc3ccccc13)/C(=C\c1cccs1)CCC2)Nc1ccccc1. The Hall–Kier alpha value is -3.77. The van der Waals surface area contributed by atoms with E-state index in [-0.39, 0.29) is 12.5 Å². The van der Waals surface area contributed by atoms with Gasteiger partial charge < -0.3 is 10.1 Å². The number of carbonyl (C=O) groups excluding carboxylic acids is 2. The molecule has 2 aromatic heterocycles. The van der Waals surface area contributed by atoms with Crippen LogP contribution < -0.4 is 5.32 Å². The Morgan fingerprint density at radius 2 is 1.82 bits per heavy atom. The monoisotopic (exact) mass is 454 g/mol. The summed E-state index contributed by atoms with van der Waals surface area (Å²) in [4.78, 5) is 31.7. The lowest BCUT2D eigenvalue weighted by molar-refractivity contribution is -0.119. The Bertz CT molecular complexity index is 1340. The van der Waals surface area contributed by atoms with Crippen molar-refractivity contribution in [1.29, 1.82) is 0 Å². The molecule has 33 heavy (non-hydrogen) atoms. The molecule has 5 rings (SSSR count). The number of nitrogens with one attached hydrogen (secondary N) is 1. The molecule has 0 saturated carbocycles. The van der Waals surface area contributed by atoms with Gasteiger partial charge in [-0.1, -0.05) is 42.5 Å². The summed E-state index contributed by atoms with van der Waals surface area (Å²) in [5.74, 6) is -0.870. The van der Waals surface area contributed by atoms with E-state index in [1.165, 1.54) is 0 Å². The molecule has 5 nitrogen and oxygen atoms in total. The zero-order valence-electron chi connectivity index (χ0n) is 17.9. The van der Waals surface area contributed by atoms with E-state index in [2.05, 4.69) is 17.5 Å². The van der Waals surface area contributed by atoms with Gasteiger partial charge in [-0.05, 0) is 66.1 Å². The van der Waals surface area contributed by atoms with Crippen LogP contribution in [-0.2, 0) is 16.0 Å². The first-order valence-electron chi connectivity index (χ1n) is 10.9. The number of carbonyl (C=O) groups is 2. The van der Waals surface area contributed by atoms with E-state index in [1.54, 1.807) is 23.5 Å². The number of ether oxygens (including phenoxy) is 1. The lowest BCUT2D eigenvalue weighted by atomic mass is 9.86. The number of thiophene rings is 1. The Morgan fingerprint density at radius 1 is 1.00 bits per heavy atom. The van der Waals surface area contributed by atoms with Gasteiger partial charge in [0.2, 0.25) is 0 Å². The number of allylic oxidation sites excluding steroid dienone is 1. The van der Waals surface area contributed by atoms with Crippen molar-refractivity contribution in [2.45, 2.75) is 19.3 Å². The standard InChI is InChI=1S/C27H22N2O3S/c30-24(28-19-9-2-1-3-10-19)17-32-27(31)25-21-12-4-5-14-23(21)29-26-18(8-6-13-22(25)26)16-20-11-7-15-33-20/h1-5,7,9-12,14-16H,6,8,13,17H2,(H,28,30)/b18-16-. The van der Waals surface area contributed by atoms with Crippen molar-refractivity contribution >= 4 is 51.5 Å². The third-order valence-corrected chi connectivity index (χ3v) is 6.45. The van der Waals surface area contributed by atoms with Gasteiger partial charge in [-0.3, -0.25) is 4.79 Å². The van der Waals surface area contributed by atoms with Crippen LogP contribution in [0.3, 0.4) is 0 Å². The molecule has 0 aliphatic heterocycles. The summed E-state index contributed by atoms with van der Waals surface area (Å²) in [6.07, 6.45) is 4.74. The van der Waals surface area contributed by atoms with Gasteiger partial charge in [0, 0.05) is 16.0 Å². The molecular formula is C27H22N2O3S. The molecule has 0 bridgehead atoms. The number of hydrogen-bond donors (Lipinski definition) is 1. The molecule has 0 fully saturated rings. The molecule has 1 N–H and O–H groups in total. The minimum absolute atomic E-state index is 0.350. The quantitative estimate of drug-likeness (QED) is 0.377. The number of fused-ring (bicyclic) bond motifs is 2. The van der Waals surface area contributed by atoms with E-state index in [0.29, 0.717) is 11.3 Å². The van der Waals surface area contributed by atoms with E-state index >= 15 is 0 Å². The second-order valence-corrected chi connectivity index (χ2v) is 8.84. The van der Waals surface area contributed by atoms with Crippen molar-refractivity contribution < 1.29 is 14.3 Å². The Labute approximate surface area is 195 Å². The first-order valence-corrected chi connectivity index (χ1v) is 11.7. The lowest BCUT2D eigenvalue weighted by Crippen LogP contribution is -2.22. The van der Waals surface area contributed by atoms with Crippen molar-refractivity contribution in [2.75, 3.05) is 11.9 Å². The van der Waals surface area contributed by atoms with Gasteiger partial charge in [0.25, 0.3) is 5.91 Å². The number of nitrogens with zero attached hydrogens (tertiary/aromatic N) is 1. The molecule has 2 heterocycles. The van der Waals surface area contributed by atoms with Crippen LogP contribution in [-0.4, -0.2) is 23.5 Å². The summed E-state index contributed by atoms with van der Waals surface area (Å²) in [6.45, 7) is -0.350. The zero-order chi connectivity index (χ0) is 22.6. The lowest BCUT2D eigenvalue weighted by Gasteiger charge is -2.22. The molecule has 164 valence electrons. The number of esters is 1. The van der Waals surface area contributed by atoms with Gasteiger partial charge in [-0.15, -0.1) is 11.3 Å². The van der Waals surface area contributed by atoms with Crippen molar-refractivity contribution in [3.63, 3.8) is 0 Å². The number of hydrogen-bond acceptors (Lipinski definition) is 5. The van der Waals surface area contributed by atoms with E-state index in [9.17, 15) is 9.59 Å². The number of amides is 1. The summed E-state index contributed by atoms with van der Waals surface area (Å²) >= 11 is 1.68. The predicted octanol–water partition coefficient (Wildman–Crippen LogP) is 5.97. The summed E-state index contributed by atoms with van der Waals surface area (Å²) in [5.41, 5.74) is 4.80. The van der Waals surface area contributed by atoms with Crippen LogP contribution in [0, 0.1) is 0 Å². The third-order valence-electron chi connectivity index (χ3n) is 5.63. The molecule has 1 amide bonds. The molecule has 0 spiro atoms. The van der Waals surface area contributed by atoms with Gasteiger partial charge in [0.1, 0.15) is 0 Å². The largest absolute Gasteiger partial charge is 0.452 e. The summed E-state index contributed by atoms with van der Waals surface area (Å²) < 4.78 is 5.48. The zero-order valence-corrected chi connectivity index (χ0v) is 18.7. The first kappa shape index (κ1) is 21.1. The highest BCUT2D eigenvalue weighted by Crippen LogP contribution is 2.36. The third kappa shape index (κ3) is 4.56. The van der Waals surface area contributed by atoms with Gasteiger partial charge in [0.05, 0.1) is 16.8 Å². The fourth-order valence-corrected chi connectivity index (χ4v) is 4.86. The van der Waals surface area contributed by atoms with Gasteiger partial charge in [0.15, 0.2) is 6.61 Å². The summed E-state index contributed by atoms with van der Waals surface area (Å²) in [6, 6.07) is 20.8. The van der Waals surface area contributed by atoms with Crippen LogP contribution in [0.25, 0.3) is 22.6 Å².